The van der Waals surface area contributed by atoms with Crippen LogP contribution >= 0.6 is 0 Å². The first-order chi connectivity index (χ1) is 41.5. The molecule has 2 aliphatic rings. The molecule has 9 aromatic carbocycles. The second-order valence-electron chi connectivity index (χ2n) is 32.9. The number of imidazole rings is 1. The highest BCUT2D eigenvalue weighted by Crippen LogP contribution is 2.50. The van der Waals surface area contributed by atoms with Crippen LogP contribution in [-0.2, 0) is 37.9 Å². The zero-order valence-corrected chi connectivity index (χ0v) is 57.2. The number of fused-ring (bicyclic) bond motifs is 5. The van der Waals surface area contributed by atoms with Crippen LogP contribution in [0.5, 0.6) is 0 Å². The topological polar surface area (TPSA) is 27.5 Å². The lowest BCUT2D eigenvalue weighted by atomic mass is 9.33. The van der Waals surface area contributed by atoms with E-state index in [0.717, 1.165) is 67.9 Å². The summed E-state index contributed by atoms with van der Waals surface area (Å²) in [5, 5.41) is 0. The molecule has 2 aliphatic heterocycles. The van der Waals surface area contributed by atoms with Crippen molar-refractivity contribution in [2.24, 2.45) is 0 Å². The van der Waals surface area contributed by atoms with Gasteiger partial charge in [0.05, 0.1) is 11.0 Å². The maximum absolute atomic E-state index is 5.77. The quantitative estimate of drug-likeness (QED) is 0.149. The number of hydrogen-bond donors (Lipinski definition) is 0. The highest BCUT2D eigenvalue weighted by Gasteiger charge is 2.46. The zero-order chi connectivity index (χ0) is 63.9. The summed E-state index contributed by atoms with van der Waals surface area (Å²) in [6, 6.07) is 72.8. The standard InChI is InChI=1S/C83H94BN5/c1-77(2,3)54-29-27-53(28-30-54)76-85-69-52-71-68(51-72(69)89(76)61-25-23-22-24-26-61)84-67-44-43-65(86(62-37-31-55(32-38-62)78(4,5)6)63-39-33-56(34-40-63)79(7,8)9)50-70(67)87(64-41-35-57(36-42-64)80(10,11)12)73-48-60(83(19,20)21)49-74(75(73)84)88(71)66-46-58(81(13,14)15)45-59(47-66)82(16,17)18/h22-52H,1-21H3. The first-order valence-corrected chi connectivity index (χ1v) is 32.5. The van der Waals surface area contributed by atoms with Crippen molar-refractivity contribution in [2.75, 3.05) is 14.7 Å². The minimum atomic E-state index is -0.216. The van der Waals surface area contributed by atoms with E-state index in [4.69, 9.17) is 4.98 Å². The van der Waals surface area contributed by atoms with Gasteiger partial charge < -0.3 is 14.7 Å². The number of aromatic nitrogens is 2. The lowest BCUT2D eigenvalue weighted by Crippen LogP contribution is -2.61. The lowest BCUT2D eigenvalue weighted by molar-refractivity contribution is 0.568. The zero-order valence-electron chi connectivity index (χ0n) is 57.2. The predicted molar refractivity (Wildman–Crippen MR) is 386 cm³/mol. The van der Waals surface area contributed by atoms with Gasteiger partial charge in [-0.1, -0.05) is 236 Å². The van der Waals surface area contributed by atoms with E-state index in [0.29, 0.717) is 0 Å². The second kappa shape index (κ2) is 21.3. The molecule has 0 saturated carbocycles. The van der Waals surface area contributed by atoms with E-state index in [1.165, 1.54) is 66.7 Å². The van der Waals surface area contributed by atoms with Crippen molar-refractivity contribution in [1.29, 1.82) is 0 Å². The number of para-hydroxylation sites is 1. The van der Waals surface area contributed by atoms with Gasteiger partial charge in [0, 0.05) is 62.4 Å². The number of hydrogen-bond acceptors (Lipinski definition) is 4. The highest BCUT2D eigenvalue weighted by molar-refractivity contribution is 7.00. The Morgan fingerprint density at radius 2 is 0.719 bits per heavy atom. The van der Waals surface area contributed by atoms with Crippen LogP contribution in [-0.4, -0.2) is 16.3 Å². The molecule has 0 unspecified atom stereocenters. The largest absolute Gasteiger partial charge is 0.311 e. The van der Waals surface area contributed by atoms with E-state index in [1.54, 1.807) is 0 Å². The van der Waals surface area contributed by atoms with Gasteiger partial charge in [-0.15, -0.1) is 0 Å². The molecule has 0 atom stereocenters. The van der Waals surface area contributed by atoms with E-state index in [2.05, 4.69) is 353 Å². The summed E-state index contributed by atoms with van der Waals surface area (Å²) in [7, 11) is 0. The molecule has 12 rings (SSSR count). The van der Waals surface area contributed by atoms with E-state index in [9.17, 15) is 0 Å². The van der Waals surface area contributed by atoms with Gasteiger partial charge in [0.15, 0.2) is 0 Å². The van der Waals surface area contributed by atoms with Gasteiger partial charge in [-0.25, -0.2) is 4.98 Å². The normalized spacial score (nSPS) is 13.8. The summed E-state index contributed by atoms with van der Waals surface area (Å²) in [5.41, 5.74) is 26.9. The van der Waals surface area contributed by atoms with Crippen LogP contribution in [0.2, 0.25) is 0 Å². The molecule has 0 amide bonds. The van der Waals surface area contributed by atoms with Crippen molar-refractivity contribution < 1.29 is 0 Å². The Balaban J connectivity index is 1.21. The summed E-state index contributed by atoms with van der Waals surface area (Å²) >= 11 is 0. The predicted octanol–water partition coefficient (Wildman–Crippen LogP) is 21.3. The average Bonchev–Trinajstić information content (AvgIpc) is 1.40. The Labute approximate surface area is 534 Å². The van der Waals surface area contributed by atoms with Crippen LogP contribution in [0.4, 0.5) is 51.2 Å². The van der Waals surface area contributed by atoms with Crippen LogP contribution < -0.4 is 31.1 Å². The summed E-state index contributed by atoms with van der Waals surface area (Å²) in [5.74, 6) is 0.920. The molecule has 3 heterocycles. The molecule has 0 saturated heterocycles. The van der Waals surface area contributed by atoms with Gasteiger partial charge in [0.25, 0.3) is 6.71 Å². The first kappa shape index (κ1) is 61.2. The molecule has 0 aliphatic carbocycles. The molecule has 5 nitrogen and oxygen atoms in total. The van der Waals surface area contributed by atoms with Crippen molar-refractivity contribution in [3.05, 3.63) is 227 Å². The van der Waals surface area contributed by atoms with Gasteiger partial charge >= 0.3 is 0 Å². The molecule has 10 aromatic rings. The fourth-order valence-corrected chi connectivity index (χ4v) is 13.2. The van der Waals surface area contributed by atoms with Crippen molar-refractivity contribution >= 4 is 85.3 Å². The minimum absolute atomic E-state index is 0.00447. The molecule has 1 aromatic heterocycles. The third-order valence-electron chi connectivity index (χ3n) is 18.9. The van der Waals surface area contributed by atoms with Crippen LogP contribution in [0.25, 0.3) is 28.1 Å². The van der Waals surface area contributed by atoms with E-state index >= 15 is 0 Å². The third-order valence-corrected chi connectivity index (χ3v) is 18.9. The fraction of sp³-hybridized carbons (Fsp3) is 0.337. The van der Waals surface area contributed by atoms with Crippen molar-refractivity contribution in [3.63, 3.8) is 0 Å². The summed E-state index contributed by atoms with van der Waals surface area (Å²) in [6.07, 6.45) is 0. The smallest absolute Gasteiger partial charge is 0.252 e. The molecule has 6 heteroatoms. The highest BCUT2D eigenvalue weighted by atomic mass is 15.2. The molecule has 454 valence electrons. The molecule has 0 spiro atoms. The molecule has 0 N–H and O–H groups in total. The molecular weight excluding hydrogens is 1080 g/mol. The first-order valence-electron chi connectivity index (χ1n) is 32.5. The van der Waals surface area contributed by atoms with Crippen molar-refractivity contribution in [3.8, 4) is 17.1 Å². The fourth-order valence-electron chi connectivity index (χ4n) is 13.2. The molecule has 0 fully saturated rings. The van der Waals surface area contributed by atoms with Gasteiger partial charge in [0.1, 0.15) is 5.82 Å². The maximum atomic E-state index is 5.77. The third kappa shape index (κ3) is 11.3. The Morgan fingerprint density at radius 3 is 1.18 bits per heavy atom. The minimum Gasteiger partial charge on any atom is -0.311 e. The Kier molecular flexibility index (Phi) is 14.6. The Morgan fingerprint density at radius 1 is 0.315 bits per heavy atom. The number of benzene rings is 9. The van der Waals surface area contributed by atoms with Gasteiger partial charge in [-0.05, 0) is 190 Å². The van der Waals surface area contributed by atoms with Crippen molar-refractivity contribution in [2.45, 2.75) is 183 Å². The molecule has 0 radical (unpaired) electrons. The Hall–Kier alpha value is -8.09. The second-order valence-corrected chi connectivity index (χ2v) is 32.9. The van der Waals surface area contributed by atoms with E-state index < -0.39 is 0 Å². The molecule has 89 heavy (non-hydrogen) atoms. The van der Waals surface area contributed by atoms with Crippen LogP contribution in [0.1, 0.15) is 184 Å². The van der Waals surface area contributed by atoms with Gasteiger partial charge in [-0.3, -0.25) is 4.57 Å². The SMILES string of the molecule is CC(C)(C)c1ccc(-c2nc3cc4c(cc3n2-c2ccccc2)B2c3ccc(N(c5ccc(C(C)(C)C)cc5)c5ccc(C(C)(C)C)cc5)cc3N(c3ccc(C(C)(C)C)cc3)c3cc(C(C)(C)C)cc(c32)N4c2cc(C(C)(C)C)cc(C(C)(C)C)c2)cc1. The molecule has 0 bridgehead atoms. The summed E-state index contributed by atoms with van der Waals surface area (Å²) in [4.78, 5) is 13.5. The lowest BCUT2D eigenvalue weighted by Gasteiger charge is -2.45. The van der Waals surface area contributed by atoms with E-state index in [-0.39, 0.29) is 44.6 Å². The number of nitrogens with zero attached hydrogens (tertiary/aromatic N) is 5. The number of anilines is 9. The molecular formula is C83H94BN5. The Bertz CT molecular complexity index is 4220. The van der Waals surface area contributed by atoms with Crippen molar-refractivity contribution in [1.82, 2.24) is 9.55 Å². The average molecular weight is 1170 g/mol. The van der Waals surface area contributed by atoms with Gasteiger partial charge in [-0.2, -0.15) is 0 Å². The monoisotopic (exact) mass is 1170 g/mol. The van der Waals surface area contributed by atoms with Crippen LogP contribution in [0.3, 0.4) is 0 Å². The summed E-state index contributed by atoms with van der Waals surface area (Å²) < 4.78 is 2.41. The van der Waals surface area contributed by atoms with Crippen LogP contribution in [0.15, 0.2) is 188 Å². The van der Waals surface area contributed by atoms with E-state index in [1.807, 2.05) is 0 Å². The maximum Gasteiger partial charge on any atom is 0.252 e. The summed E-state index contributed by atoms with van der Waals surface area (Å²) in [6.45, 7) is 48.6. The van der Waals surface area contributed by atoms with Gasteiger partial charge in [0.2, 0.25) is 0 Å². The van der Waals surface area contributed by atoms with Crippen LogP contribution in [0, 0.1) is 0 Å². The number of rotatable bonds is 7.